The summed E-state index contributed by atoms with van der Waals surface area (Å²) in [6, 6.07) is 8.73. The standard InChI is InChI=1S/C21H24N6O2/c1-21(2,3)18-17-15(19(22)28)16(25-27(17)9-8-26(18)20(23)29)13-10-12-6-4-5-7-14(12)24-11-13/h4-7,10-11,18H,8-9H2,1-3H3,(H2,22,28)(H2,23,29). The first-order chi connectivity index (χ1) is 13.7. The maximum atomic E-state index is 12.6. The number of nitrogens with two attached hydrogens (primary N) is 2. The van der Waals surface area contributed by atoms with Crippen LogP contribution in [0.1, 0.15) is 42.9 Å². The molecule has 1 aliphatic heterocycles. The minimum atomic E-state index is -0.588. The first-order valence-corrected chi connectivity index (χ1v) is 9.50. The maximum Gasteiger partial charge on any atom is 0.315 e. The summed E-state index contributed by atoms with van der Waals surface area (Å²) in [5.41, 5.74) is 14.1. The van der Waals surface area contributed by atoms with Crippen LogP contribution in [0.3, 0.4) is 0 Å². The van der Waals surface area contributed by atoms with Crippen molar-refractivity contribution in [1.29, 1.82) is 0 Å². The second-order valence-electron chi connectivity index (χ2n) is 8.41. The summed E-state index contributed by atoms with van der Waals surface area (Å²) in [7, 11) is 0. The Morgan fingerprint density at radius 3 is 2.52 bits per heavy atom. The summed E-state index contributed by atoms with van der Waals surface area (Å²) in [5.74, 6) is -0.588. The number of primary amides is 2. The van der Waals surface area contributed by atoms with E-state index in [1.807, 2.05) is 51.1 Å². The Hall–Kier alpha value is -3.42. The fourth-order valence-electron chi connectivity index (χ4n) is 4.16. The molecule has 8 nitrogen and oxygen atoms in total. The molecule has 1 aliphatic rings. The molecule has 29 heavy (non-hydrogen) atoms. The lowest BCUT2D eigenvalue weighted by Gasteiger charge is -2.42. The van der Waals surface area contributed by atoms with Gasteiger partial charge in [-0.1, -0.05) is 39.0 Å². The fourth-order valence-corrected chi connectivity index (χ4v) is 4.16. The van der Waals surface area contributed by atoms with E-state index in [4.69, 9.17) is 16.6 Å². The minimum absolute atomic E-state index is 0.313. The highest BCUT2D eigenvalue weighted by molar-refractivity contribution is 6.01. The number of nitrogens with zero attached hydrogens (tertiary/aromatic N) is 4. The molecule has 0 bridgehead atoms. The smallest absolute Gasteiger partial charge is 0.315 e. The summed E-state index contributed by atoms with van der Waals surface area (Å²) in [6.07, 6.45) is 1.70. The molecule has 8 heteroatoms. The number of hydrogen-bond acceptors (Lipinski definition) is 4. The molecule has 3 amide bonds. The second-order valence-corrected chi connectivity index (χ2v) is 8.41. The quantitative estimate of drug-likeness (QED) is 0.696. The van der Waals surface area contributed by atoms with Crippen molar-refractivity contribution in [2.24, 2.45) is 16.9 Å². The number of hydrogen-bond donors (Lipinski definition) is 2. The Balaban J connectivity index is 1.96. The molecule has 0 saturated heterocycles. The zero-order valence-corrected chi connectivity index (χ0v) is 16.7. The van der Waals surface area contributed by atoms with Crippen molar-refractivity contribution in [2.75, 3.05) is 6.54 Å². The highest BCUT2D eigenvalue weighted by atomic mass is 16.2. The van der Waals surface area contributed by atoms with Crippen molar-refractivity contribution in [3.05, 3.63) is 47.8 Å². The molecule has 0 radical (unpaired) electrons. The van der Waals surface area contributed by atoms with E-state index in [0.29, 0.717) is 35.6 Å². The third-order valence-corrected chi connectivity index (χ3v) is 5.33. The summed E-state index contributed by atoms with van der Waals surface area (Å²) in [6.45, 7) is 6.85. The van der Waals surface area contributed by atoms with Crippen LogP contribution in [0.2, 0.25) is 0 Å². The average molecular weight is 392 g/mol. The number of benzene rings is 1. The SMILES string of the molecule is CC(C)(C)C1c2c(C(N)=O)c(-c3cnc4ccccc4c3)nn2CCN1C(N)=O. The molecule has 1 atom stereocenters. The Morgan fingerprint density at radius 1 is 1.14 bits per heavy atom. The molecule has 0 aliphatic carbocycles. The van der Waals surface area contributed by atoms with Gasteiger partial charge in [-0.3, -0.25) is 14.5 Å². The first-order valence-electron chi connectivity index (χ1n) is 9.50. The fraction of sp³-hybridized carbons (Fsp3) is 0.333. The predicted octanol–water partition coefficient (Wildman–Crippen LogP) is 2.68. The summed E-state index contributed by atoms with van der Waals surface area (Å²) in [5, 5.41) is 5.65. The van der Waals surface area contributed by atoms with Gasteiger partial charge in [0.2, 0.25) is 0 Å². The maximum absolute atomic E-state index is 12.6. The van der Waals surface area contributed by atoms with E-state index in [2.05, 4.69) is 4.98 Å². The number of pyridine rings is 1. The molecule has 1 unspecified atom stereocenters. The number of fused-ring (bicyclic) bond motifs is 2. The molecule has 0 fully saturated rings. The Labute approximate surface area is 168 Å². The van der Waals surface area contributed by atoms with Gasteiger partial charge in [0.15, 0.2) is 0 Å². The number of para-hydroxylation sites is 1. The number of rotatable bonds is 2. The molecule has 4 rings (SSSR count). The van der Waals surface area contributed by atoms with Crippen molar-refractivity contribution in [3.8, 4) is 11.3 Å². The first kappa shape index (κ1) is 18.9. The number of amides is 3. The molecule has 3 heterocycles. The van der Waals surface area contributed by atoms with Crippen molar-refractivity contribution in [3.63, 3.8) is 0 Å². The third kappa shape index (κ3) is 3.10. The van der Waals surface area contributed by atoms with Crippen LogP contribution < -0.4 is 11.5 Å². The van der Waals surface area contributed by atoms with Gasteiger partial charge in [-0.25, -0.2) is 4.79 Å². The molecule has 3 aromatic rings. The van der Waals surface area contributed by atoms with Gasteiger partial charge < -0.3 is 16.4 Å². The van der Waals surface area contributed by atoms with E-state index >= 15 is 0 Å². The van der Waals surface area contributed by atoms with Crippen LogP contribution in [0, 0.1) is 5.41 Å². The lowest BCUT2D eigenvalue weighted by molar-refractivity contribution is 0.0899. The van der Waals surface area contributed by atoms with Crippen LogP contribution in [-0.4, -0.2) is 38.1 Å². The summed E-state index contributed by atoms with van der Waals surface area (Å²) < 4.78 is 1.78. The van der Waals surface area contributed by atoms with Gasteiger partial charge in [-0.05, 0) is 17.5 Å². The molecule has 0 spiro atoms. The highest BCUT2D eigenvalue weighted by Crippen LogP contribution is 2.43. The molecule has 2 aromatic heterocycles. The molecule has 150 valence electrons. The van der Waals surface area contributed by atoms with Gasteiger partial charge in [-0.15, -0.1) is 0 Å². The van der Waals surface area contributed by atoms with Crippen LogP contribution in [0.25, 0.3) is 22.2 Å². The number of carbonyl (C=O) groups is 2. The second kappa shape index (κ2) is 6.58. The Morgan fingerprint density at radius 2 is 1.86 bits per heavy atom. The lowest BCUT2D eigenvalue weighted by Crippen LogP contribution is -2.49. The van der Waals surface area contributed by atoms with Gasteiger partial charge in [0.25, 0.3) is 5.91 Å². The van der Waals surface area contributed by atoms with Gasteiger partial charge in [0.05, 0.1) is 29.4 Å². The molecular weight excluding hydrogens is 368 g/mol. The Kier molecular flexibility index (Phi) is 4.29. The minimum Gasteiger partial charge on any atom is -0.365 e. The largest absolute Gasteiger partial charge is 0.365 e. The van der Waals surface area contributed by atoms with E-state index in [0.717, 1.165) is 10.9 Å². The zero-order valence-electron chi connectivity index (χ0n) is 16.7. The van der Waals surface area contributed by atoms with E-state index < -0.39 is 18.0 Å². The number of aromatic nitrogens is 3. The van der Waals surface area contributed by atoms with Gasteiger partial charge in [0, 0.05) is 23.7 Å². The zero-order chi connectivity index (χ0) is 20.9. The van der Waals surface area contributed by atoms with Crippen LogP contribution >= 0.6 is 0 Å². The summed E-state index contributed by atoms with van der Waals surface area (Å²) in [4.78, 5) is 30.8. The Bertz CT molecular complexity index is 1130. The lowest BCUT2D eigenvalue weighted by atomic mass is 9.81. The van der Waals surface area contributed by atoms with Crippen molar-refractivity contribution < 1.29 is 9.59 Å². The van der Waals surface area contributed by atoms with Gasteiger partial charge >= 0.3 is 6.03 Å². The highest BCUT2D eigenvalue weighted by Gasteiger charge is 2.42. The predicted molar refractivity (Wildman–Crippen MR) is 110 cm³/mol. The summed E-state index contributed by atoms with van der Waals surface area (Å²) >= 11 is 0. The van der Waals surface area contributed by atoms with Crippen LogP contribution in [0.4, 0.5) is 4.79 Å². The van der Waals surface area contributed by atoms with Crippen molar-refractivity contribution in [2.45, 2.75) is 33.4 Å². The molecular formula is C21H24N6O2. The van der Waals surface area contributed by atoms with Crippen molar-refractivity contribution in [1.82, 2.24) is 19.7 Å². The number of urea groups is 1. The van der Waals surface area contributed by atoms with E-state index in [-0.39, 0.29) is 5.41 Å². The monoisotopic (exact) mass is 392 g/mol. The van der Waals surface area contributed by atoms with Gasteiger partial charge in [0.1, 0.15) is 5.69 Å². The van der Waals surface area contributed by atoms with Gasteiger partial charge in [-0.2, -0.15) is 5.10 Å². The average Bonchev–Trinajstić information content (AvgIpc) is 3.05. The number of carbonyl (C=O) groups excluding carboxylic acids is 2. The van der Waals surface area contributed by atoms with E-state index in [9.17, 15) is 9.59 Å². The third-order valence-electron chi connectivity index (χ3n) is 5.33. The normalized spacial score (nSPS) is 16.7. The van der Waals surface area contributed by atoms with Crippen molar-refractivity contribution >= 4 is 22.8 Å². The molecule has 4 N–H and O–H groups in total. The van der Waals surface area contributed by atoms with Crippen LogP contribution in [0.15, 0.2) is 36.5 Å². The van der Waals surface area contributed by atoms with Crippen LogP contribution in [0.5, 0.6) is 0 Å². The van der Waals surface area contributed by atoms with E-state index in [1.54, 1.807) is 15.8 Å². The topological polar surface area (TPSA) is 120 Å². The van der Waals surface area contributed by atoms with Crippen LogP contribution in [-0.2, 0) is 6.54 Å². The van der Waals surface area contributed by atoms with E-state index in [1.165, 1.54) is 0 Å². The molecule has 0 saturated carbocycles. The molecule has 1 aromatic carbocycles.